The normalized spacial score (nSPS) is 10.8. The molecule has 0 heterocycles. The lowest BCUT2D eigenvalue weighted by atomic mass is 9.78. The van der Waals surface area contributed by atoms with Gasteiger partial charge in [-0.25, -0.2) is 19.2 Å². The van der Waals surface area contributed by atoms with E-state index >= 15 is 0 Å². The van der Waals surface area contributed by atoms with Gasteiger partial charge in [0.1, 0.15) is 23.0 Å². The molecule has 0 radical (unpaired) electrons. The Kier molecular flexibility index (Phi) is 17.6. The van der Waals surface area contributed by atoms with E-state index in [1.54, 1.807) is 72.8 Å². The largest absolute Gasteiger partial charge is 0.494 e. The number of hydrogen-bond donors (Lipinski definition) is 0. The van der Waals surface area contributed by atoms with E-state index in [0.29, 0.717) is 60.6 Å². The third kappa shape index (κ3) is 14.8. The zero-order valence-electron chi connectivity index (χ0n) is 32.9. The third-order valence-electron chi connectivity index (χ3n) is 9.19. The van der Waals surface area contributed by atoms with Crippen LogP contribution in [0.1, 0.15) is 97.1 Å². The fourth-order valence-electron chi connectivity index (χ4n) is 5.71. The average molecular weight is 777 g/mol. The topological polar surface area (TPSA) is 124 Å². The van der Waals surface area contributed by atoms with Crippen LogP contribution >= 0.6 is 0 Å². The summed E-state index contributed by atoms with van der Waals surface area (Å²) in [6.45, 7) is 12.8. The van der Waals surface area contributed by atoms with Crippen LogP contribution in [0.4, 0.5) is 0 Å². The van der Waals surface area contributed by atoms with Crippen LogP contribution in [0.5, 0.6) is 23.0 Å². The predicted octanol–water partition coefficient (Wildman–Crippen LogP) is 9.79. The number of ether oxygens (including phenoxy) is 6. The molecule has 0 spiro atoms. The summed E-state index contributed by atoms with van der Waals surface area (Å²) < 4.78 is 32.8. The summed E-state index contributed by atoms with van der Waals surface area (Å²) in [5.41, 5.74) is 2.46. The smallest absolute Gasteiger partial charge is 0.343 e. The second kappa shape index (κ2) is 23.0. The van der Waals surface area contributed by atoms with Gasteiger partial charge in [-0.15, -0.1) is 0 Å². The van der Waals surface area contributed by atoms with Crippen molar-refractivity contribution in [2.75, 3.05) is 26.4 Å². The van der Waals surface area contributed by atoms with Crippen LogP contribution in [0, 0.1) is 0 Å². The number of esters is 4. The van der Waals surface area contributed by atoms with Crippen LogP contribution in [0.3, 0.4) is 0 Å². The Morgan fingerprint density at radius 2 is 0.772 bits per heavy atom. The first-order chi connectivity index (χ1) is 27.6. The van der Waals surface area contributed by atoms with Crippen LogP contribution in [0.15, 0.2) is 122 Å². The number of unbranched alkanes of at least 4 members (excludes halogenated alkanes) is 6. The molecule has 4 aromatic rings. The number of hydrogen-bond acceptors (Lipinski definition) is 10. The summed E-state index contributed by atoms with van der Waals surface area (Å²) in [7, 11) is 0. The lowest BCUT2D eigenvalue weighted by Gasteiger charge is -2.26. The minimum Gasteiger partial charge on any atom is -0.494 e. The van der Waals surface area contributed by atoms with Gasteiger partial charge in [-0.3, -0.25) is 0 Å². The van der Waals surface area contributed by atoms with Crippen LogP contribution in [-0.2, 0) is 24.5 Å². The summed E-state index contributed by atoms with van der Waals surface area (Å²) in [5.74, 6) is 0.462. The Hall–Kier alpha value is -6.16. The number of carbonyl (C=O) groups is 4. The Labute approximate surface area is 335 Å². The molecule has 0 N–H and O–H groups in total. The lowest BCUT2D eigenvalue weighted by molar-refractivity contribution is -0.138. The summed E-state index contributed by atoms with van der Waals surface area (Å²) in [6, 6.07) is 28.5. The highest BCUT2D eigenvalue weighted by Crippen LogP contribution is 2.33. The quantitative estimate of drug-likeness (QED) is 0.0294. The summed E-state index contributed by atoms with van der Waals surface area (Å²) in [4.78, 5) is 47.8. The fourth-order valence-corrected chi connectivity index (χ4v) is 5.71. The van der Waals surface area contributed by atoms with Gasteiger partial charge in [0.2, 0.25) is 0 Å². The molecular formula is C47H52O10. The van der Waals surface area contributed by atoms with E-state index in [0.717, 1.165) is 74.6 Å². The predicted molar refractivity (Wildman–Crippen MR) is 218 cm³/mol. The van der Waals surface area contributed by atoms with Crippen LogP contribution < -0.4 is 18.9 Å². The molecule has 10 heteroatoms. The Bertz CT molecular complexity index is 1760. The summed E-state index contributed by atoms with van der Waals surface area (Å²) in [6.07, 6.45) is 9.42. The molecule has 4 rings (SSSR count). The molecule has 0 aromatic heterocycles. The van der Waals surface area contributed by atoms with Crippen molar-refractivity contribution in [2.45, 2.75) is 70.6 Å². The van der Waals surface area contributed by atoms with Gasteiger partial charge in [-0.2, -0.15) is 0 Å². The molecule has 0 aliphatic carbocycles. The molecule has 0 atom stereocenters. The Morgan fingerprint density at radius 3 is 1.11 bits per heavy atom. The van der Waals surface area contributed by atoms with Crippen molar-refractivity contribution in [3.05, 3.63) is 145 Å². The van der Waals surface area contributed by atoms with Crippen molar-refractivity contribution in [1.82, 2.24) is 0 Å². The number of rotatable bonds is 24. The molecule has 0 aliphatic rings. The molecular weight excluding hydrogens is 725 g/mol. The molecule has 10 nitrogen and oxygen atoms in total. The van der Waals surface area contributed by atoms with E-state index < -0.39 is 29.3 Å². The average Bonchev–Trinajstić information content (AvgIpc) is 3.23. The summed E-state index contributed by atoms with van der Waals surface area (Å²) >= 11 is 0. The van der Waals surface area contributed by atoms with E-state index in [1.807, 2.05) is 24.3 Å². The first-order valence-corrected chi connectivity index (χ1v) is 19.3. The van der Waals surface area contributed by atoms with E-state index in [4.69, 9.17) is 28.4 Å². The van der Waals surface area contributed by atoms with Crippen LogP contribution in [0.2, 0.25) is 0 Å². The number of carbonyl (C=O) groups excluding carboxylic acids is 4. The molecule has 0 bridgehead atoms. The first kappa shape index (κ1) is 43.6. The Morgan fingerprint density at radius 1 is 0.456 bits per heavy atom. The van der Waals surface area contributed by atoms with E-state index in [1.165, 1.54) is 0 Å². The van der Waals surface area contributed by atoms with Gasteiger partial charge < -0.3 is 28.4 Å². The molecule has 57 heavy (non-hydrogen) atoms. The minimum absolute atomic E-state index is 0.391. The van der Waals surface area contributed by atoms with Gasteiger partial charge in [-0.1, -0.05) is 51.3 Å². The molecule has 0 saturated heterocycles. The fraction of sp³-hybridized carbons (Fsp3) is 0.319. The van der Waals surface area contributed by atoms with E-state index in [2.05, 4.69) is 27.0 Å². The highest BCUT2D eigenvalue weighted by atomic mass is 16.5. The first-order valence-electron chi connectivity index (χ1n) is 19.3. The van der Waals surface area contributed by atoms with E-state index in [9.17, 15) is 19.2 Å². The van der Waals surface area contributed by atoms with Crippen molar-refractivity contribution in [3.8, 4) is 23.0 Å². The maximum Gasteiger partial charge on any atom is 0.343 e. The van der Waals surface area contributed by atoms with Crippen molar-refractivity contribution >= 4 is 23.9 Å². The third-order valence-corrected chi connectivity index (χ3v) is 9.19. The summed E-state index contributed by atoms with van der Waals surface area (Å²) in [5, 5.41) is 0. The van der Waals surface area contributed by atoms with Crippen molar-refractivity contribution in [2.24, 2.45) is 0 Å². The van der Waals surface area contributed by atoms with Gasteiger partial charge in [0.15, 0.2) is 0 Å². The van der Waals surface area contributed by atoms with E-state index in [-0.39, 0.29) is 0 Å². The molecule has 0 fully saturated rings. The number of benzene rings is 4. The van der Waals surface area contributed by atoms with Gasteiger partial charge in [0, 0.05) is 17.6 Å². The minimum atomic E-state index is -0.467. The van der Waals surface area contributed by atoms with Crippen LogP contribution in [-0.4, -0.2) is 50.3 Å². The highest BCUT2D eigenvalue weighted by molar-refractivity contribution is 5.91. The molecule has 0 unspecified atom stereocenters. The molecule has 0 amide bonds. The van der Waals surface area contributed by atoms with Gasteiger partial charge in [0.25, 0.3) is 0 Å². The second-order valence-corrected chi connectivity index (χ2v) is 13.8. The maximum atomic E-state index is 12.8. The molecule has 300 valence electrons. The highest BCUT2D eigenvalue weighted by Gasteiger charge is 2.24. The maximum absolute atomic E-state index is 12.8. The lowest BCUT2D eigenvalue weighted by Crippen LogP contribution is -2.19. The van der Waals surface area contributed by atoms with Crippen LogP contribution in [0.25, 0.3) is 0 Å². The monoisotopic (exact) mass is 776 g/mol. The van der Waals surface area contributed by atoms with Gasteiger partial charge in [0.05, 0.1) is 37.6 Å². The van der Waals surface area contributed by atoms with Crippen molar-refractivity contribution < 1.29 is 47.6 Å². The SMILES string of the molecule is C=CC(=O)OCCCCCCOc1ccc(C(=O)Oc2ccc(C(C)(C)c3ccc(OC(=O)c4ccc(OCCCCCCOC(=O)C=C)cc4)cc3)cc2)cc1. The van der Waals surface area contributed by atoms with Gasteiger partial charge in [-0.05, 0) is 135 Å². The second-order valence-electron chi connectivity index (χ2n) is 13.8. The molecule has 0 saturated carbocycles. The molecule has 4 aromatic carbocycles. The van der Waals surface area contributed by atoms with Crippen molar-refractivity contribution in [1.29, 1.82) is 0 Å². The standard InChI is InChI=1S/C47H52O10/c1-5-43(48)54-33-13-9-7-11-31-52-39-23-15-35(16-24-39)45(50)56-41-27-19-37(20-28-41)47(3,4)38-21-29-42(30-22-38)57-46(51)36-17-25-40(26-18-36)53-32-12-8-10-14-34-55-44(49)6-2/h5-6,15-30H,1-2,7-14,31-34H2,3-4H3. The zero-order valence-corrected chi connectivity index (χ0v) is 32.9. The van der Waals surface area contributed by atoms with Gasteiger partial charge >= 0.3 is 23.9 Å². The van der Waals surface area contributed by atoms with Crippen molar-refractivity contribution in [3.63, 3.8) is 0 Å². The Balaban J connectivity index is 1.17. The zero-order chi connectivity index (χ0) is 40.9. The molecule has 0 aliphatic heterocycles.